The van der Waals surface area contributed by atoms with E-state index in [1.165, 1.54) is 55.0 Å². The van der Waals surface area contributed by atoms with Crippen LogP contribution in [0.4, 0.5) is 0 Å². The summed E-state index contributed by atoms with van der Waals surface area (Å²) in [6.07, 6.45) is 3.74. The number of rotatable bonds is 10. The lowest BCUT2D eigenvalue weighted by Crippen LogP contribution is -2.41. The van der Waals surface area contributed by atoms with Gasteiger partial charge in [-0.05, 0) is 83.7 Å². The van der Waals surface area contributed by atoms with Gasteiger partial charge in [0.15, 0.2) is 0 Å². The van der Waals surface area contributed by atoms with Crippen molar-refractivity contribution in [2.45, 2.75) is 66.5 Å². The van der Waals surface area contributed by atoms with Crippen LogP contribution in [-0.4, -0.2) is 59.4 Å². The van der Waals surface area contributed by atoms with E-state index in [2.05, 4.69) is 67.3 Å². The fourth-order valence-corrected chi connectivity index (χ4v) is 4.94. The molecule has 0 radical (unpaired) electrons. The van der Waals surface area contributed by atoms with Crippen LogP contribution < -0.4 is 4.74 Å². The average molecular weight is 427 g/mol. The highest BCUT2D eigenvalue weighted by atomic mass is 16.5. The Morgan fingerprint density at radius 2 is 2.06 bits per heavy atom. The Morgan fingerprint density at radius 1 is 1.26 bits per heavy atom. The minimum atomic E-state index is 0.416. The molecule has 0 amide bonds. The van der Waals surface area contributed by atoms with E-state index in [9.17, 15) is 0 Å². The van der Waals surface area contributed by atoms with Crippen LogP contribution in [0.15, 0.2) is 24.3 Å². The number of methoxy groups -OCH3 is 1. The molecule has 2 heterocycles. The summed E-state index contributed by atoms with van der Waals surface area (Å²) in [5.41, 5.74) is 5.30. The van der Waals surface area contributed by atoms with Crippen molar-refractivity contribution in [1.82, 2.24) is 19.6 Å². The molecule has 0 aliphatic carbocycles. The zero-order valence-corrected chi connectivity index (χ0v) is 20.5. The van der Waals surface area contributed by atoms with E-state index in [1.807, 2.05) is 6.07 Å². The summed E-state index contributed by atoms with van der Waals surface area (Å²) >= 11 is 0. The second-order valence-corrected chi connectivity index (χ2v) is 9.43. The monoisotopic (exact) mass is 426 g/mol. The van der Waals surface area contributed by atoms with Gasteiger partial charge in [0, 0.05) is 43.5 Å². The number of aryl methyl sites for hydroxylation is 1. The number of likely N-dealkylation sites (tertiary alicyclic amines) is 1. The molecule has 172 valence electrons. The normalized spacial score (nSPS) is 17.6. The quantitative estimate of drug-likeness (QED) is 0.543. The molecule has 1 aromatic heterocycles. The molecule has 1 saturated heterocycles. The van der Waals surface area contributed by atoms with E-state index in [-0.39, 0.29) is 0 Å². The molecule has 5 heteroatoms. The number of piperidine rings is 1. The van der Waals surface area contributed by atoms with Crippen LogP contribution in [0, 0.1) is 19.8 Å². The first-order chi connectivity index (χ1) is 14.9. The van der Waals surface area contributed by atoms with Gasteiger partial charge in [0.2, 0.25) is 0 Å². The molecule has 0 spiro atoms. The standard InChI is InChI=1S/C26H42N4O/c1-7-28(19-26-21(4)27-30(20(2)3)22(26)5)17-24-11-9-14-29(18-24)15-13-23-10-8-12-25(16-23)31-6/h8,10,12,16,20,24H,7,9,11,13-15,17-19H2,1-6H3/t24-/m1/s1. The SMILES string of the molecule is CCN(Cc1c(C)nn(C(C)C)c1C)C[C@H]1CCCN(CCc2cccc(OC)c2)C1. The lowest BCUT2D eigenvalue weighted by Gasteiger charge is -2.35. The third kappa shape index (κ3) is 6.33. The lowest BCUT2D eigenvalue weighted by atomic mass is 9.96. The van der Waals surface area contributed by atoms with Crippen LogP contribution in [0.5, 0.6) is 5.75 Å². The van der Waals surface area contributed by atoms with Gasteiger partial charge in [0.1, 0.15) is 5.75 Å². The average Bonchev–Trinajstić information content (AvgIpc) is 3.06. The van der Waals surface area contributed by atoms with Crippen molar-refractivity contribution in [2.24, 2.45) is 5.92 Å². The van der Waals surface area contributed by atoms with Crippen LogP contribution in [0.1, 0.15) is 62.2 Å². The van der Waals surface area contributed by atoms with E-state index in [1.54, 1.807) is 7.11 Å². The van der Waals surface area contributed by atoms with Gasteiger partial charge in [-0.3, -0.25) is 9.58 Å². The Bertz CT molecular complexity index is 829. The molecule has 31 heavy (non-hydrogen) atoms. The number of aromatic nitrogens is 2. The maximum atomic E-state index is 5.37. The van der Waals surface area contributed by atoms with Crippen molar-refractivity contribution in [3.63, 3.8) is 0 Å². The summed E-state index contributed by atoms with van der Waals surface area (Å²) in [4.78, 5) is 5.28. The van der Waals surface area contributed by atoms with E-state index in [4.69, 9.17) is 9.84 Å². The zero-order chi connectivity index (χ0) is 22.4. The minimum Gasteiger partial charge on any atom is -0.497 e. The molecule has 1 fully saturated rings. The molecule has 1 aliphatic heterocycles. The van der Waals surface area contributed by atoms with Gasteiger partial charge in [0.05, 0.1) is 12.8 Å². The maximum absolute atomic E-state index is 5.37. The fraction of sp³-hybridized carbons (Fsp3) is 0.654. The Balaban J connectivity index is 1.55. The predicted molar refractivity (Wildman–Crippen MR) is 129 cm³/mol. The Kier molecular flexibility index (Phi) is 8.56. The van der Waals surface area contributed by atoms with Crippen LogP contribution in [-0.2, 0) is 13.0 Å². The van der Waals surface area contributed by atoms with Crippen molar-refractivity contribution in [3.8, 4) is 5.75 Å². The minimum absolute atomic E-state index is 0.416. The van der Waals surface area contributed by atoms with Gasteiger partial charge in [0.25, 0.3) is 0 Å². The van der Waals surface area contributed by atoms with E-state index in [0.717, 1.165) is 37.7 Å². The number of ether oxygens (including phenoxy) is 1. The highest BCUT2D eigenvalue weighted by Crippen LogP contribution is 2.23. The van der Waals surface area contributed by atoms with E-state index < -0.39 is 0 Å². The summed E-state index contributed by atoms with van der Waals surface area (Å²) in [6.45, 7) is 18.0. The summed E-state index contributed by atoms with van der Waals surface area (Å²) < 4.78 is 7.55. The Morgan fingerprint density at radius 3 is 2.74 bits per heavy atom. The lowest BCUT2D eigenvalue weighted by molar-refractivity contribution is 0.133. The summed E-state index contributed by atoms with van der Waals surface area (Å²) in [7, 11) is 1.74. The third-order valence-electron chi connectivity index (χ3n) is 6.76. The van der Waals surface area contributed by atoms with Crippen LogP contribution in [0.2, 0.25) is 0 Å². The topological polar surface area (TPSA) is 33.5 Å². The smallest absolute Gasteiger partial charge is 0.119 e. The zero-order valence-electron chi connectivity index (χ0n) is 20.5. The Labute approximate surface area is 189 Å². The maximum Gasteiger partial charge on any atom is 0.119 e. The van der Waals surface area contributed by atoms with Crippen LogP contribution >= 0.6 is 0 Å². The molecule has 2 aromatic rings. The van der Waals surface area contributed by atoms with Gasteiger partial charge < -0.3 is 9.64 Å². The number of nitrogens with zero attached hydrogens (tertiary/aromatic N) is 4. The molecule has 5 nitrogen and oxygen atoms in total. The van der Waals surface area contributed by atoms with E-state index in [0.29, 0.717) is 6.04 Å². The first kappa shape index (κ1) is 23.8. The van der Waals surface area contributed by atoms with Crippen molar-refractivity contribution in [3.05, 3.63) is 46.8 Å². The fourth-order valence-electron chi connectivity index (χ4n) is 4.94. The van der Waals surface area contributed by atoms with Crippen LogP contribution in [0.25, 0.3) is 0 Å². The third-order valence-corrected chi connectivity index (χ3v) is 6.76. The number of hydrogen-bond donors (Lipinski definition) is 0. The van der Waals surface area contributed by atoms with Crippen molar-refractivity contribution in [2.75, 3.05) is 39.8 Å². The van der Waals surface area contributed by atoms with Crippen LogP contribution in [0.3, 0.4) is 0 Å². The molecule has 1 atom stereocenters. The van der Waals surface area contributed by atoms with Gasteiger partial charge in [-0.1, -0.05) is 19.1 Å². The van der Waals surface area contributed by atoms with Gasteiger partial charge >= 0.3 is 0 Å². The van der Waals surface area contributed by atoms with Crippen molar-refractivity contribution >= 4 is 0 Å². The highest BCUT2D eigenvalue weighted by Gasteiger charge is 2.23. The summed E-state index contributed by atoms with van der Waals surface area (Å²) in [5, 5.41) is 4.79. The molecule has 0 unspecified atom stereocenters. The largest absolute Gasteiger partial charge is 0.497 e. The second-order valence-electron chi connectivity index (χ2n) is 9.43. The van der Waals surface area contributed by atoms with E-state index >= 15 is 0 Å². The second kappa shape index (κ2) is 11.1. The summed E-state index contributed by atoms with van der Waals surface area (Å²) in [6, 6.07) is 8.91. The molecule has 1 aliphatic rings. The first-order valence-electron chi connectivity index (χ1n) is 12.0. The van der Waals surface area contributed by atoms with Gasteiger partial charge in [-0.15, -0.1) is 0 Å². The molecule has 0 N–H and O–H groups in total. The molecular formula is C26H42N4O. The summed E-state index contributed by atoms with van der Waals surface area (Å²) in [5.74, 6) is 1.71. The molecular weight excluding hydrogens is 384 g/mol. The molecule has 1 aromatic carbocycles. The number of hydrogen-bond acceptors (Lipinski definition) is 4. The Hall–Kier alpha value is -1.85. The van der Waals surface area contributed by atoms with Gasteiger partial charge in [-0.25, -0.2) is 0 Å². The predicted octanol–water partition coefficient (Wildman–Crippen LogP) is 4.87. The number of benzene rings is 1. The molecule has 0 saturated carbocycles. The molecule has 3 rings (SSSR count). The molecule has 0 bridgehead atoms. The first-order valence-corrected chi connectivity index (χ1v) is 12.0. The van der Waals surface area contributed by atoms with Crippen molar-refractivity contribution in [1.29, 1.82) is 0 Å². The van der Waals surface area contributed by atoms with Crippen molar-refractivity contribution < 1.29 is 4.74 Å². The highest BCUT2D eigenvalue weighted by molar-refractivity contribution is 5.28. The van der Waals surface area contributed by atoms with Gasteiger partial charge in [-0.2, -0.15) is 5.10 Å².